The topological polar surface area (TPSA) is 63.7 Å². The van der Waals surface area contributed by atoms with Crippen LogP contribution in [0.2, 0.25) is 5.02 Å². The molecule has 120 valence electrons. The average Bonchev–Trinajstić information content (AvgIpc) is 2.37. The molecular formula is C15H17BrClNO4. The van der Waals surface area contributed by atoms with Gasteiger partial charge in [-0.25, -0.2) is 4.79 Å². The molecule has 1 amide bonds. The lowest BCUT2D eigenvalue weighted by molar-refractivity contribution is -0.153. The van der Waals surface area contributed by atoms with Crippen molar-refractivity contribution in [2.75, 3.05) is 11.5 Å². The number of carbonyl (C=O) groups excluding carboxylic acids is 3. The fraction of sp³-hybridized carbons (Fsp3) is 0.400. The lowest BCUT2D eigenvalue weighted by Crippen LogP contribution is -2.43. The van der Waals surface area contributed by atoms with E-state index in [1.54, 1.807) is 32.9 Å². The number of nitrogens with zero attached hydrogens (tertiary/aromatic N) is 1. The number of amides is 1. The van der Waals surface area contributed by atoms with E-state index in [9.17, 15) is 14.4 Å². The van der Waals surface area contributed by atoms with Crippen molar-refractivity contribution in [1.29, 1.82) is 0 Å². The van der Waals surface area contributed by atoms with Gasteiger partial charge in [0.05, 0.1) is 22.9 Å². The lowest BCUT2D eigenvalue weighted by Gasteiger charge is -2.28. The standard InChI is InChI=1S/C15H17BrClNO4/c1-5-22-15(21)14(20)18(8(2)3)12-7-10(16)6-11(17)13(12)9(4)19/h6-8H,5H2,1-4H3. The number of anilines is 1. The predicted molar refractivity (Wildman–Crippen MR) is 88.4 cm³/mol. The Morgan fingerprint density at radius 3 is 2.36 bits per heavy atom. The second-order valence-corrected chi connectivity index (χ2v) is 6.15. The molecule has 0 spiro atoms. The Morgan fingerprint density at radius 1 is 1.32 bits per heavy atom. The van der Waals surface area contributed by atoms with Crippen LogP contribution in [0, 0.1) is 0 Å². The number of carbonyl (C=O) groups is 3. The molecule has 0 aliphatic carbocycles. The van der Waals surface area contributed by atoms with Crippen molar-refractivity contribution in [3.05, 3.63) is 27.2 Å². The number of rotatable bonds is 4. The first-order valence-corrected chi connectivity index (χ1v) is 7.88. The zero-order valence-corrected chi connectivity index (χ0v) is 15.1. The molecule has 0 saturated heterocycles. The van der Waals surface area contributed by atoms with Crippen molar-refractivity contribution in [1.82, 2.24) is 0 Å². The third kappa shape index (κ3) is 4.08. The molecule has 0 aliphatic rings. The summed E-state index contributed by atoms with van der Waals surface area (Å²) in [4.78, 5) is 37.2. The number of esters is 1. The number of halogens is 2. The van der Waals surface area contributed by atoms with Gasteiger partial charge in [0.25, 0.3) is 0 Å². The van der Waals surface area contributed by atoms with Crippen LogP contribution in [0.25, 0.3) is 0 Å². The minimum Gasteiger partial charge on any atom is -0.459 e. The first-order chi connectivity index (χ1) is 10.2. The molecule has 5 nitrogen and oxygen atoms in total. The van der Waals surface area contributed by atoms with Gasteiger partial charge in [0.2, 0.25) is 0 Å². The molecule has 1 rings (SSSR count). The minimum absolute atomic E-state index is 0.0926. The number of benzene rings is 1. The molecule has 0 aromatic heterocycles. The summed E-state index contributed by atoms with van der Waals surface area (Å²) in [7, 11) is 0. The highest BCUT2D eigenvalue weighted by molar-refractivity contribution is 9.10. The van der Waals surface area contributed by atoms with Crippen LogP contribution in [0.5, 0.6) is 0 Å². The fourth-order valence-corrected chi connectivity index (χ4v) is 2.94. The van der Waals surface area contributed by atoms with Gasteiger partial charge in [-0.05, 0) is 39.8 Å². The Kier molecular flexibility index (Phi) is 6.56. The highest BCUT2D eigenvalue weighted by atomic mass is 79.9. The largest absolute Gasteiger partial charge is 0.459 e. The molecule has 7 heteroatoms. The van der Waals surface area contributed by atoms with E-state index in [0.29, 0.717) is 4.47 Å². The van der Waals surface area contributed by atoms with Crippen LogP contribution in [0.1, 0.15) is 38.1 Å². The Labute approximate surface area is 142 Å². The summed E-state index contributed by atoms with van der Waals surface area (Å²) in [6.45, 7) is 6.52. The van der Waals surface area contributed by atoms with Gasteiger partial charge < -0.3 is 4.74 Å². The van der Waals surface area contributed by atoms with Gasteiger partial charge in [-0.2, -0.15) is 0 Å². The Bertz CT molecular complexity index is 616. The van der Waals surface area contributed by atoms with Crippen molar-refractivity contribution in [3.8, 4) is 0 Å². The van der Waals surface area contributed by atoms with Gasteiger partial charge in [-0.15, -0.1) is 0 Å². The summed E-state index contributed by atoms with van der Waals surface area (Å²) in [6, 6.07) is 2.79. The molecule has 0 aliphatic heterocycles. The Balaban J connectivity index is 3.48. The van der Waals surface area contributed by atoms with E-state index in [2.05, 4.69) is 15.9 Å². The van der Waals surface area contributed by atoms with Crippen LogP contribution in [0.4, 0.5) is 5.69 Å². The Morgan fingerprint density at radius 2 is 1.91 bits per heavy atom. The quantitative estimate of drug-likeness (QED) is 0.447. The third-order valence-electron chi connectivity index (χ3n) is 2.83. The minimum atomic E-state index is -0.971. The van der Waals surface area contributed by atoms with E-state index in [4.69, 9.17) is 16.3 Å². The van der Waals surface area contributed by atoms with Crippen LogP contribution in [0.15, 0.2) is 16.6 Å². The van der Waals surface area contributed by atoms with E-state index >= 15 is 0 Å². The second kappa shape index (κ2) is 7.74. The molecule has 0 radical (unpaired) electrons. The zero-order chi connectivity index (χ0) is 17.0. The van der Waals surface area contributed by atoms with Crippen LogP contribution in [0.3, 0.4) is 0 Å². The zero-order valence-electron chi connectivity index (χ0n) is 12.8. The molecule has 0 saturated carbocycles. The average molecular weight is 391 g/mol. The maximum atomic E-state index is 12.4. The van der Waals surface area contributed by atoms with E-state index in [1.165, 1.54) is 11.8 Å². The normalized spacial score (nSPS) is 10.5. The number of hydrogen-bond donors (Lipinski definition) is 0. The van der Waals surface area contributed by atoms with Crippen LogP contribution >= 0.6 is 27.5 Å². The summed E-state index contributed by atoms with van der Waals surface area (Å²) in [5, 5.41) is 0.208. The summed E-state index contributed by atoms with van der Waals surface area (Å²) in [5.41, 5.74) is 0.469. The van der Waals surface area contributed by atoms with Crippen LogP contribution < -0.4 is 4.90 Å². The summed E-state index contributed by atoms with van der Waals surface area (Å²) >= 11 is 9.40. The number of ether oxygens (including phenoxy) is 1. The maximum absolute atomic E-state index is 12.4. The SMILES string of the molecule is CCOC(=O)C(=O)N(c1cc(Br)cc(Cl)c1C(C)=O)C(C)C. The van der Waals surface area contributed by atoms with Gasteiger partial charge in [-0.1, -0.05) is 27.5 Å². The van der Waals surface area contributed by atoms with Crippen molar-refractivity contribution >= 4 is 50.9 Å². The molecule has 0 N–H and O–H groups in total. The van der Waals surface area contributed by atoms with Gasteiger partial charge in [0.15, 0.2) is 5.78 Å². The molecule has 0 atom stereocenters. The lowest BCUT2D eigenvalue weighted by atomic mass is 10.1. The maximum Gasteiger partial charge on any atom is 0.397 e. The molecule has 0 bridgehead atoms. The van der Waals surface area contributed by atoms with Crippen molar-refractivity contribution in [2.24, 2.45) is 0 Å². The van der Waals surface area contributed by atoms with Gasteiger partial charge >= 0.3 is 11.9 Å². The number of Topliss-reactive ketones (excluding diaryl/α,β-unsaturated/α-hetero) is 1. The summed E-state index contributed by atoms with van der Waals surface area (Å²) in [6.07, 6.45) is 0. The highest BCUT2D eigenvalue weighted by Gasteiger charge is 2.30. The molecule has 0 fully saturated rings. The molecule has 0 heterocycles. The van der Waals surface area contributed by atoms with E-state index in [0.717, 1.165) is 0 Å². The fourth-order valence-electron chi connectivity index (χ4n) is 2.01. The first-order valence-electron chi connectivity index (χ1n) is 6.71. The van der Waals surface area contributed by atoms with Crippen molar-refractivity contribution in [3.63, 3.8) is 0 Å². The monoisotopic (exact) mass is 389 g/mol. The predicted octanol–water partition coefficient (Wildman–Crippen LogP) is 3.61. The molecule has 1 aromatic carbocycles. The van der Waals surface area contributed by atoms with Crippen LogP contribution in [-0.4, -0.2) is 30.3 Å². The van der Waals surface area contributed by atoms with Crippen LogP contribution in [-0.2, 0) is 14.3 Å². The number of hydrogen-bond acceptors (Lipinski definition) is 4. The van der Waals surface area contributed by atoms with E-state index in [-0.39, 0.29) is 34.7 Å². The molecule has 22 heavy (non-hydrogen) atoms. The second-order valence-electron chi connectivity index (χ2n) is 4.83. The summed E-state index contributed by atoms with van der Waals surface area (Å²) in [5.74, 6) is -2.11. The van der Waals surface area contributed by atoms with Crippen molar-refractivity contribution in [2.45, 2.75) is 33.7 Å². The smallest absolute Gasteiger partial charge is 0.397 e. The van der Waals surface area contributed by atoms with Gasteiger partial charge in [-0.3, -0.25) is 14.5 Å². The highest BCUT2D eigenvalue weighted by Crippen LogP contribution is 2.33. The molecule has 1 aromatic rings. The van der Waals surface area contributed by atoms with Gasteiger partial charge in [0.1, 0.15) is 0 Å². The van der Waals surface area contributed by atoms with Crippen molar-refractivity contribution < 1.29 is 19.1 Å². The first kappa shape index (κ1) is 18.6. The number of ketones is 1. The van der Waals surface area contributed by atoms with E-state index < -0.39 is 11.9 Å². The summed E-state index contributed by atoms with van der Waals surface area (Å²) < 4.78 is 5.35. The van der Waals surface area contributed by atoms with Gasteiger partial charge in [0, 0.05) is 10.5 Å². The van der Waals surface area contributed by atoms with E-state index in [1.807, 2.05) is 0 Å². The molecule has 0 unspecified atom stereocenters. The Hall–Kier alpha value is -1.40. The third-order valence-corrected chi connectivity index (χ3v) is 3.59. The molecular weight excluding hydrogens is 374 g/mol.